The van der Waals surface area contributed by atoms with Gasteiger partial charge >= 0.3 is 6.18 Å². The van der Waals surface area contributed by atoms with Crippen LogP contribution in [0.25, 0.3) is 0 Å². The molecule has 0 atom stereocenters. The summed E-state index contributed by atoms with van der Waals surface area (Å²) in [5.74, 6) is -0.204. The van der Waals surface area contributed by atoms with E-state index in [9.17, 15) is 26.4 Å². The summed E-state index contributed by atoms with van der Waals surface area (Å²) >= 11 is 0. The molecule has 0 spiro atoms. The molecule has 24 heavy (non-hydrogen) atoms. The number of benzene rings is 1. The van der Waals surface area contributed by atoms with Crippen LogP contribution in [0.2, 0.25) is 0 Å². The van der Waals surface area contributed by atoms with Crippen LogP contribution in [0.3, 0.4) is 0 Å². The lowest BCUT2D eigenvalue weighted by molar-refractivity contribution is -0.137. The average Bonchev–Trinajstić information content (AvgIpc) is 2.53. The van der Waals surface area contributed by atoms with E-state index in [4.69, 9.17) is 0 Å². The Morgan fingerprint density at radius 3 is 1.96 bits per heavy atom. The molecule has 1 aromatic carbocycles. The molecule has 0 aliphatic carbocycles. The van der Waals surface area contributed by atoms with Gasteiger partial charge < -0.3 is 4.90 Å². The molecule has 0 radical (unpaired) electrons. The van der Waals surface area contributed by atoms with Crippen LogP contribution in [-0.4, -0.2) is 49.7 Å². The molecule has 1 heterocycles. The van der Waals surface area contributed by atoms with Gasteiger partial charge in [-0.05, 0) is 24.3 Å². The maximum atomic E-state index is 12.6. The first-order valence-electron chi connectivity index (χ1n) is 7.49. The molecule has 1 aliphatic heterocycles. The minimum Gasteiger partial charge on any atom is -0.340 e. The zero-order valence-electron chi connectivity index (χ0n) is 13.4. The first kappa shape index (κ1) is 18.7. The molecule has 1 aromatic rings. The van der Waals surface area contributed by atoms with Crippen molar-refractivity contribution in [1.29, 1.82) is 0 Å². The number of nitrogens with zero attached hydrogens (tertiary/aromatic N) is 2. The molecule has 0 bridgehead atoms. The highest BCUT2D eigenvalue weighted by Gasteiger charge is 2.33. The zero-order valence-corrected chi connectivity index (χ0v) is 14.2. The normalized spacial score (nSPS) is 17.3. The fourth-order valence-electron chi connectivity index (χ4n) is 2.48. The molecule has 1 amide bonds. The standard InChI is InChI=1S/C15H19F3N2O3S/c1-11(2)14(21)19-7-9-20(10-8-19)24(22,23)13-5-3-12(4-6-13)15(16,17)18/h3-6,11H,7-10H2,1-2H3. The highest BCUT2D eigenvalue weighted by Crippen LogP contribution is 2.30. The van der Waals surface area contributed by atoms with Gasteiger partial charge in [-0.1, -0.05) is 13.8 Å². The lowest BCUT2D eigenvalue weighted by Crippen LogP contribution is -2.51. The van der Waals surface area contributed by atoms with E-state index in [-0.39, 0.29) is 42.9 Å². The molecule has 1 fully saturated rings. The summed E-state index contributed by atoms with van der Waals surface area (Å²) in [6.07, 6.45) is -4.51. The minimum absolute atomic E-state index is 0.0402. The van der Waals surface area contributed by atoms with Gasteiger partial charge in [-0.3, -0.25) is 4.79 Å². The largest absolute Gasteiger partial charge is 0.416 e. The monoisotopic (exact) mass is 364 g/mol. The van der Waals surface area contributed by atoms with Gasteiger partial charge in [-0.2, -0.15) is 17.5 Å². The number of alkyl halides is 3. The van der Waals surface area contributed by atoms with Crippen molar-refractivity contribution in [2.24, 2.45) is 5.92 Å². The molecule has 2 rings (SSSR count). The number of carbonyl (C=O) groups excluding carboxylic acids is 1. The van der Waals surface area contributed by atoms with E-state index in [1.54, 1.807) is 18.7 Å². The fraction of sp³-hybridized carbons (Fsp3) is 0.533. The molecule has 9 heteroatoms. The highest BCUT2D eigenvalue weighted by atomic mass is 32.2. The Morgan fingerprint density at radius 2 is 1.54 bits per heavy atom. The second-order valence-electron chi connectivity index (χ2n) is 5.91. The van der Waals surface area contributed by atoms with Gasteiger partial charge in [-0.15, -0.1) is 0 Å². The average molecular weight is 364 g/mol. The van der Waals surface area contributed by atoms with E-state index < -0.39 is 21.8 Å². The van der Waals surface area contributed by atoms with Crippen molar-refractivity contribution in [1.82, 2.24) is 9.21 Å². The maximum absolute atomic E-state index is 12.6. The van der Waals surface area contributed by atoms with E-state index in [0.29, 0.717) is 0 Å². The van der Waals surface area contributed by atoms with Crippen LogP contribution in [0, 0.1) is 5.92 Å². The fourth-order valence-corrected chi connectivity index (χ4v) is 3.90. The quantitative estimate of drug-likeness (QED) is 0.826. The lowest BCUT2D eigenvalue weighted by atomic mass is 10.2. The van der Waals surface area contributed by atoms with Crippen LogP contribution in [0.4, 0.5) is 13.2 Å². The number of carbonyl (C=O) groups is 1. The third kappa shape index (κ3) is 3.89. The molecule has 0 unspecified atom stereocenters. The molecule has 5 nitrogen and oxygen atoms in total. The van der Waals surface area contributed by atoms with Crippen LogP contribution >= 0.6 is 0 Å². The summed E-state index contributed by atoms with van der Waals surface area (Å²) in [6.45, 7) is 4.35. The number of hydrogen-bond acceptors (Lipinski definition) is 3. The predicted octanol–water partition coefficient (Wildman–Crippen LogP) is 2.19. The minimum atomic E-state index is -4.51. The second-order valence-corrected chi connectivity index (χ2v) is 7.84. The molecular weight excluding hydrogens is 345 g/mol. The molecule has 1 aliphatic rings. The first-order chi connectivity index (χ1) is 11.0. The number of sulfonamides is 1. The Labute approximate surface area is 139 Å². The van der Waals surface area contributed by atoms with Crippen LogP contribution in [-0.2, 0) is 21.0 Å². The Balaban J connectivity index is 2.11. The van der Waals surface area contributed by atoms with Crippen LogP contribution in [0.15, 0.2) is 29.2 Å². The molecular formula is C15H19F3N2O3S. The van der Waals surface area contributed by atoms with E-state index in [0.717, 1.165) is 24.3 Å². The van der Waals surface area contributed by atoms with Crippen molar-refractivity contribution in [2.75, 3.05) is 26.2 Å². The predicted molar refractivity (Wildman–Crippen MR) is 81.6 cm³/mol. The molecule has 134 valence electrons. The third-order valence-electron chi connectivity index (χ3n) is 3.86. The van der Waals surface area contributed by atoms with Crippen molar-refractivity contribution in [3.05, 3.63) is 29.8 Å². The van der Waals surface area contributed by atoms with Gasteiger partial charge in [0.2, 0.25) is 15.9 Å². The maximum Gasteiger partial charge on any atom is 0.416 e. The Morgan fingerprint density at radius 1 is 1.04 bits per heavy atom. The van der Waals surface area contributed by atoms with Crippen LogP contribution in [0.1, 0.15) is 19.4 Å². The summed E-state index contributed by atoms with van der Waals surface area (Å²) in [7, 11) is -3.87. The Kier molecular flexibility index (Phi) is 5.24. The third-order valence-corrected chi connectivity index (χ3v) is 5.78. The Bertz CT molecular complexity index is 692. The van der Waals surface area contributed by atoms with Gasteiger partial charge in [0, 0.05) is 32.1 Å². The number of halogens is 3. The van der Waals surface area contributed by atoms with Crippen molar-refractivity contribution in [2.45, 2.75) is 24.9 Å². The highest BCUT2D eigenvalue weighted by molar-refractivity contribution is 7.89. The van der Waals surface area contributed by atoms with E-state index >= 15 is 0 Å². The van der Waals surface area contributed by atoms with Crippen LogP contribution < -0.4 is 0 Å². The first-order valence-corrected chi connectivity index (χ1v) is 8.93. The van der Waals surface area contributed by atoms with E-state index in [1.807, 2.05) is 0 Å². The second kappa shape index (κ2) is 6.72. The zero-order chi connectivity index (χ0) is 18.1. The number of amides is 1. The lowest BCUT2D eigenvalue weighted by Gasteiger charge is -2.34. The smallest absolute Gasteiger partial charge is 0.340 e. The van der Waals surface area contributed by atoms with E-state index in [2.05, 4.69) is 0 Å². The summed E-state index contributed by atoms with van der Waals surface area (Å²) in [5, 5.41) is 0. The van der Waals surface area contributed by atoms with Gasteiger partial charge in [0.15, 0.2) is 0 Å². The molecule has 1 saturated heterocycles. The van der Waals surface area contributed by atoms with Gasteiger partial charge in [0.1, 0.15) is 0 Å². The van der Waals surface area contributed by atoms with Crippen LogP contribution in [0.5, 0.6) is 0 Å². The van der Waals surface area contributed by atoms with Gasteiger partial charge in [0.05, 0.1) is 10.5 Å². The van der Waals surface area contributed by atoms with Crippen molar-refractivity contribution < 1.29 is 26.4 Å². The van der Waals surface area contributed by atoms with Crippen molar-refractivity contribution in [3.63, 3.8) is 0 Å². The summed E-state index contributed by atoms with van der Waals surface area (Å²) < 4.78 is 63.9. The summed E-state index contributed by atoms with van der Waals surface area (Å²) in [4.78, 5) is 13.3. The van der Waals surface area contributed by atoms with Gasteiger partial charge in [0.25, 0.3) is 0 Å². The van der Waals surface area contributed by atoms with Gasteiger partial charge in [-0.25, -0.2) is 8.42 Å². The summed E-state index contributed by atoms with van der Waals surface area (Å²) in [6, 6.07) is 3.43. The van der Waals surface area contributed by atoms with Crippen molar-refractivity contribution >= 4 is 15.9 Å². The SMILES string of the molecule is CC(C)C(=O)N1CCN(S(=O)(=O)c2ccc(C(F)(F)F)cc2)CC1. The number of hydrogen-bond donors (Lipinski definition) is 0. The molecule has 0 saturated carbocycles. The Hall–Kier alpha value is -1.61. The molecule has 0 N–H and O–H groups in total. The van der Waals surface area contributed by atoms with Crippen molar-refractivity contribution in [3.8, 4) is 0 Å². The topological polar surface area (TPSA) is 57.7 Å². The molecule has 0 aromatic heterocycles. The number of rotatable bonds is 3. The summed E-state index contributed by atoms with van der Waals surface area (Å²) in [5.41, 5.74) is -0.895. The van der Waals surface area contributed by atoms with E-state index in [1.165, 1.54) is 4.31 Å². The number of piperazine rings is 1.